The molecule has 0 N–H and O–H groups in total. The fourth-order valence-corrected chi connectivity index (χ4v) is 0.785. The topological polar surface area (TPSA) is 19.9 Å². The van der Waals surface area contributed by atoms with Crippen LogP contribution in [0.25, 0.3) is 0 Å². The predicted molar refractivity (Wildman–Crippen MR) is 37.5 cm³/mol. The molecule has 1 radical (unpaired) electrons. The molecule has 2 heteroatoms. The lowest BCUT2D eigenvalue weighted by molar-refractivity contribution is 0.259. The lowest BCUT2D eigenvalue weighted by atomic mass is 10.1. The first-order chi connectivity index (χ1) is 3.62. The Morgan fingerprint density at radius 3 is 2.12 bits per heavy atom. The van der Waals surface area contributed by atoms with Gasteiger partial charge in [-0.15, -0.1) is 11.8 Å². The summed E-state index contributed by atoms with van der Waals surface area (Å²) in [4.78, 5) is 0. The van der Waals surface area contributed by atoms with Crippen molar-refractivity contribution in [2.45, 2.75) is 31.9 Å². The molecule has 0 aliphatic carbocycles. The van der Waals surface area contributed by atoms with E-state index in [-0.39, 0.29) is 10.7 Å². The first kappa shape index (κ1) is 8.31. The molecule has 1 nitrogen and oxygen atoms in total. The molecule has 0 aromatic rings. The van der Waals surface area contributed by atoms with Crippen molar-refractivity contribution in [3.05, 3.63) is 0 Å². The van der Waals surface area contributed by atoms with Crippen molar-refractivity contribution in [2.24, 2.45) is 0 Å². The number of hydrogen-bond acceptors (Lipinski definition) is 1. The monoisotopic (exact) mass is 133 g/mol. The second-order valence-electron chi connectivity index (χ2n) is 2.38. The van der Waals surface area contributed by atoms with Gasteiger partial charge in [-0.25, -0.2) is 5.11 Å². The SMILES string of the molecule is CCC(C)(C)SC[O]. The van der Waals surface area contributed by atoms with Gasteiger partial charge in [-0.05, 0) is 6.42 Å². The van der Waals surface area contributed by atoms with Crippen LogP contribution in [0, 0.1) is 0 Å². The highest BCUT2D eigenvalue weighted by atomic mass is 32.2. The van der Waals surface area contributed by atoms with E-state index in [1.165, 1.54) is 11.8 Å². The normalized spacial score (nSPS) is 12.0. The van der Waals surface area contributed by atoms with Gasteiger partial charge in [-0.2, -0.15) is 0 Å². The molecule has 0 heterocycles. The molecule has 0 amide bonds. The highest BCUT2D eigenvalue weighted by molar-refractivity contribution is 8.00. The van der Waals surface area contributed by atoms with Gasteiger partial charge >= 0.3 is 0 Å². The molecule has 0 saturated heterocycles. The number of thioether (sulfide) groups is 1. The summed E-state index contributed by atoms with van der Waals surface area (Å²) in [6, 6.07) is 0. The van der Waals surface area contributed by atoms with Gasteiger partial charge in [-0.1, -0.05) is 20.8 Å². The van der Waals surface area contributed by atoms with Gasteiger partial charge in [0.05, 0.1) is 0 Å². The molecule has 0 rings (SSSR count). The molecule has 0 atom stereocenters. The molecular weight excluding hydrogens is 120 g/mol. The zero-order valence-corrected chi connectivity index (χ0v) is 6.55. The smallest absolute Gasteiger partial charge is 0.128 e. The van der Waals surface area contributed by atoms with Gasteiger partial charge in [0.25, 0.3) is 0 Å². The Bertz CT molecular complexity index is 61.5. The van der Waals surface area contributed by atoms with Crippen molar-refractivity contribution >= 4 is 11.8 Å². The summed E-state index contributed by atoms with van der Waals surface area (Å²) in [6.07, 6.45) is 1.07. The Morgan fingerprint density at radius 2 is 2.00 bits per heavy atom. The lowest BCUT2D eigenvalue weighted by Gasteiger charge is -2.18. The molecule has 0 aromatic heterocycles. The van der Waals surface area contributed by atoms with Gasteiger partial charge in [0, 0.05) is 4.75 Å². The summed E-state index contributed by atoms with van der Waals surface area (Å²) in [5.74, 6) is -0.0131. The molecule has 0 bridgehead atoms. The van der Waals surface area contributed by atoms with Crippen LogP contribution >= 0.6 is 11.8 Å². The molecule has 0 spiro atoms. The number of hydrogen-bond donors (Lipinski definition) is 0. The van der Waals surface area contributed by atoms with Crippen LogP contribution in [-0.2, 0) is 5.11 Å². The lowest BCUT2D eigenvalue weighted by Crippen LogP contribution is -2.12. The van der Waals surface area contributed by atoms with Crippen molar-refractivity contribution in [1.82, 2.24) is 0 Å². The van der Waals surface area contributed by atoms with Gasteiger partial charge < -0.3 is 0 Å². The second kappa shape index (κ2) is 3.36. The Kier molecular flexibility index (Phi) is 3.49. The van der Waals surface area contributed by atoms with Crippen molar-refractivity contribution in [2.75, 3.05) is 5.94 Å². The van der Waals surface area contributed by atoms with E-state index < -0.39 is 0 Å². The fourth-order valence-electron chi connectivity index (χ4n) is 0.262. The van der Waals surface area contributed by atoms with E-state index in [0.29, 0.717) is 0 Å². The average Bonchev–Trinajstić information content (AvgIpc) is 1.67. The van der Waals surface area contributed by atoms with Gasteiger partial charge in [0.1, 0.15) is 5.94 Å². The van der Waals surface area contributed by atoms with Crippen molar-refractivity contribution in [3.8, 4) is 0 Å². The first-order valence-corrected chi connectivity index (χ1v) is 3.83. The Balaban J connectivity index is 3.37. The molecule has 0 aliphatic rings. The molecular formula is C6H13OS. The van der Waals surface area contributed by atoms with E-state index in [9.17, 15) is 5.11 Å². The van der Waals surface area contributed by atoms with Crippen molar-refractivity contribution < 1.29 is 5.11 Å². The Hall–Kier alpha value is 0.310. The maximum absolute atomic E-state index is 10.1. The maximum Gasteiger partial charge on any atom is 0.128 e. The molecule has 49 valence electrons. The molecule has 8 heavy (non-hydrogen) atoms. The third kappa shape index (κ3) is 3.33. The van der Waals surface area contributed by atoms with E-state index >= 15 is 0 Å². The summed E-state index contributed by atoms with van der Waals surface area (Å²) in [7, 11) is 0. The van der Waals surface area contributed by atoms with E-state index in [1.54, 1.807) is 0 Å². The molecule has 0 aromatic carbocycles. The average molecular weight is 133 g/mol. The minimum absolute atomic E-state index is 0.0131. The summed E-state index contributed by atoms with van der Waals surface area (Å²) < 4.78 is 0.196. The van der Waals surface area contributed by atoms with Crippen LogP contribution in [0.3, 0.4) is 0 Å². The van der Waals surface area contributed by atoms with Crippen LogP contribution in [0.5, 0.6) is 0 Å². The van der Waals surface area contributed by atoms with E-state index in [2.05, 4.69) is 20.8 Å². The van der Waals surface area contributed by atoms with Crippen LogP contribution in [0.4, 0.5) is 0 Å². The van der Waals surface area contributed by atoms with Crippen molar-refractivity contribution in [1.29, 1.82) is 0 Å². The standard InChI is InChI=1S/C6H13OS/c1-4-6(2,3)8-5-7/h4-5H2,1-3H3. The summed E-state index contributed by atoms with van der Waals surface area (Å²) in [5, 5.41) is 10.1. The highest BCUT2D eigenvalue weighted by Gasteiger charge is 2.13. The zero-order chi connectivity index (χ0) is 6.62. The Labute approximate surface area is 55.5 Å². The Morgan fingerprint density at radius 1 is 1.50 bits per heavy atom. The molecule has 0 fully saturated rings. The highest BCUT2D eigenvalue weighted by Crippen LogP contribution is 2.26. The van der Waals surface area contributed by atoms with Crippen LogP contribution in [-0.4, -0.2) is 10.7 Å². The maximum atomic E-state index is 10.1. The van der Waals surface area contributed by atoms with E-state index in [1.807, 2.05) is 0 Å². The minimum atomic E-state index is -0.0131. The first-order valence-electron chi connectivity index (χ1n) is 2.84. The van der Waals surface area contributed by atoms with Crippen LogP contribution in [0.1, 0.15) is 27.2 Å². The van der Waals surface area contributed by atoms with E-state index in [0.717, 1.165) is 6.42 Å². The van der Waals surface area contributed by atoms with Crippen LogP contribution in [0.2, 0.25) is 0 Å². The van der Waals surface area contributed by atoms with Crippen LogP contribution < -0.4 is 0 Å². The summed E-state index contributed by atoms with van der Waals surface area (Å²) in [5.41, 5.74) is 0. The quantitative estimate of drug-likeness (QED) is 0.541. The molecule has 0 unspecified atom stereocenters. The second-order valence-corrected chi connectivity index (χ2v) is 4.00. The van der Waals surface area contributed by atoms with Gasteiger partial charge in [0.15, 0.2) is 0 Å². The summed E-state index contributed by atoms with van der Waals surface area (Å²) >= 11 is 1.48. The van der Waals surface area contributed by atoms with Crippen LogP contribution in [0.15, 0.2) is 0 Å². The predicted octanol–water partition coefficient (Wildman–Crippen LogP) is 2.30. The zero-order valence-electron chi connectivity index (χ0n) is 5.73. The third-order valence-corrected chi connectivity index (χ3v) is 2.49. The molecule has 0 saturated carbocycles. The summed E-state index contributed by atoms with van der Waals surface area (Å²) in [6.45, 7) is 6.29. The largest absolute Gasteiger partial charge is 0.225 e. The van der Waals surface area contributed by atoms with Gasteiger partial charge in [0.2, 0.25) is 0 Å². The minimum Gasteiger partial charge on any atom is -0.225 e. The number of rotatable bonds is 3. The molecule has 0 aliphatic heterocycles. The fraction of sp³-hybridized carbons (Fsp3) is 1.00. The third-order valence-electron chi connectivity index (χ3n) is 1.30. The van der Waals surface area contributed by atoms with E-state index in [4.69, 9.17) is 0 Å². The van der Waals surface area contributed by atoms with Crippen molar-refractivity contribution in [3.63, 3.8) is 0 Å². The van der Waals surface area contributed by atoms with Gasteiger partial charge in [-0.3, -0.25) is 0 Å².